The molecule has 0 saturated carbocycles. The molecule has 1 heteroatoms. The number of benzene rings is 1. The summed E-state index contributed by atoms with van der Waals surface area (Å²) in [7, 11) is 0. The van der Waals surface area contributed by atoms with E-state index in [0.29, 0.717) is 0 Å². The zero-order chi connectivity index (χ0) is 13.9. The molecule has 0 amide bonds. The minimum Gasteiger partial charge on any atom is -0.285 e. The van der Waals surface area contributed by atoms with Crippen molar-refractivity contribution in [3.63, 3.8) is 0 Å². The first-order valence-electron chi connectivity index (χ1n) is 7.38. The maximum atomic E-state index is 12.2. The zero-order valence-corrected chi connectivity index (χ0v) is 12.1. The highest BCUT2D eigenvalue weighted by atomic mass is 16.1. The van der Waals surface area contributed by atoms with E-state index in [9.17, 15) is 4.79 Å². The molecule has 0 saturated heterocycles. The third kappa shape index (κ3) is 6.25. The van der Waals surface area contributed by atoms with Crippen LogP contribution in [-0.4, -0.2) is 5.78 Å². The van der Waals surface area contributed by atoms with Gasteiger partial charge in [-0.15, -0.1) is 0 Å². The SMILES string of the molecule is CCCCC(CCCC)C(=O)C#Cc1ccccc1. The fourth-order valence-electron chi connectivity index (χ4n) is 2.06. The number of rotatable bonds is 7. The highest BCUT2D eigenvalue weighted by Gasteiger charge is 2.15. The molecule has 0 radical (unpaired) electrons. The van der Waals surface area contributed by atoms with E-state index in [1.807, 2.05) is 30.3 Å². The van der Waals surface area contributed by atoms with Crippen LogP contribution < -0.4 is 0 Å². The average Bonchev–Trinajstić information content (AvgIpc) is 2.46. The standard InChI is InChI=1S/C18H24O/c1-3-5-12-17(13-6-4-2)18(19)15-14-16-10-8-7-9-11-16/h7-11,17H,3-6,12-13H2,1-2H3. The van der Waals surface area contributed by atoms with Crippen LogP contribution in [0.5, 0.6) is 0 Å². The second-order valence-electron chi connectivity index (χ2n) is 4.96. The van der Waals surface area contributed by atoms with Gasteiger partial charge in [0.1, 0.15) is 0 Å². The first-order valence-corrected chi connectivity index (χ1v) is 7.38. The van der Waals surface area contributed by atoms with E-state index in [1.165, 1.54) is 0 Å². The largest absolute Gasteiger partial charge is 0.285 e. The van der Waals surface area contributed by atoms with Gasteiger partial charge in [0.2, 0.25) is 5.78 Å². The van der Waals surface area contributed by atoms with Gasteiger partial charge in [0.15, 0.2) is 0 Å². The van der Waals surface area contributed by atoms with Crippen LogP contribution in [0.15, 0.2) is 30.3 Å². The smallest absolute Gasteiger partial charge is 0.208 e. The minimum absolute atomic E-state index is 0.116. The van der Waals surface area contributed by atoms with E-state index in [0.717, 1.165) is 44.1 Å². The third-order valence-electron chi connectivity index (χ3n) is 3.29. The lowest BCUT2D eigenvalue weighted by atomic mass is 9.92. The molecule has 0 unspecified atom stereocenters. The Hall–Kier alpha value is -1.55. The van der Waals surface area contributed by atoms with Gasteiger partial charge in [-0.1, -0.05) is 63.7 Å². The zero-order valence-electron chi connectivity index (χ0n) is 12.1. The van der Waals surface area contributed by atoms with Gasteiger partial charge in [-0.05, 0) is 30.9 Å². The predicted octanol–water partition coefficient (Wildman–Crippen LogP) is 4.60. The van der Waals surface area contributed by atoms with E-state index in [2.05, 4.69) is 25.7 Å². The van der Waals surface area contributed by atoms with Crippen molar-refractivity contribution < 1.29 is 4.79 Å². The summed E-state index contributed by atoms with van der Waals surface area (Å²) < 4.78 is 0. The molecule has 1 aromatic rings. The van der Waals surface area contributed by atoms with Gasteiger partial charge in [0, 0.05) is 11.5 Å². The fraction of sp³-hybridized carbons (Fsp3) is 0.500. The quantitative estimate of drug-likeness (QED) is 0.651. The normalized spacial score (nSPS) is 10.1. The van der Waals surface area contributed by atoms with Crippen molar-refractivity contribution in [2.75, 3.05) is 0 Å². The third-order valence-corrected chi connectivity index (χ3v) is 3.29. The molecule has 0 N–H and O–H groups in total. The van der Waals surface area contributed by atoms with Crippen LogP contribution >= 0.6 is 0 Å². The minimum atomic E-state index is 0.116. The molecule has 19 heavy (non-hydrogen) atoms. The molecule has 0 atom stereocenters. The van der Waals surface area contributed by atoms with Gasteiger partial charge in [0.05, 0.1) is 0 Å². The number of carbonyl (C=O) groups excluding carboxylic acids is 1. The van der Waals surface area contributed by atoms with Crippen LogP contribution in [-0.2, 0) is 4.79 Å². The lowest BCUT2D eigenvalue weighted by molar-refractivity contribution is -0.117. The molecule has 0 aliphatic carbocycles. The number of hydrogen-bond acceptors (Lipinski definition) is 1. The molecule has 1 nitrogen and oxygen atoms in total. The van der Waals surface area contributed by atoms with Crippen molar-refractivity contribution >= 4 is 5.78 Å². The maximum Gasteiger partial charge on any atom is 0.208 e. The molecule has 102 valence electrons. The monoisotopic (exact) mass is 256 g/mol. The summed E-state index contributed by atoms with van der Waals surface area (Å²) >= 11 is 0. The van der Waals surface area contributed by atoms with Crippen molar-refractivity contribution in [1.29, 1.82) is 0 Å². The van der Waals surface area contributed by atoms with Gasteiger partial charge >= 0.3 is 0 Å². The first kappa shape index (κ1) is 15.5. The van der Waals surface area contributed by atoms with Gasteiger partial charge < -0.3 is 0 Å². The second-order valence-corrected chi connectivity index (χ2v) is 4.96. The van der Waals surface area contributed by atoms with E-state index < -0.39 is 0 Å². The highest BCUT2D eigenvalue weighted by molar-refractivity contribution is 5.97. The van der Waals surface area contributed by atoms with Crippen LogP contribution in [0, 0.1) is 17.8 Å². The summed E-state index contributed by atoms with van der Waals surface area (Å²) in [4.78, 5) is 12.2. The predicted molar refractivity (Wildman–Crippen MR) is 80.9 cm³/mol. The van der Waals surface area contributed by atoms with Crippen LogP contribution in [0.4, 0.5) is 0 Å². The summed E-state index contributed by atoms with van der Waals surface area (Å²) in [5.74, 6) is 6.06. The van der Waals surface area contributed by atoms with Gasteiger partial charge in [-0.3, -0.25) is 4.79 Å². The lowest BCUT2D eigenvalue weighted by Gasteiger charge is -2.11. The number of ketones is 1. The number of carbonyl (C=O) groups is 1. The van der Waals surface area contributed by atoms with E-state index >= 15 is 0 Å². The van der Waals surface area contributed by atoms with Crippen molar-refractivity contribution in [1.82, 2.24) is 0 Å². The molecule has 0 aromatic heterocycles. The van der Waals surface area contributed by atoms with Gasteiger partial charge in [0.25, 0.3) is 0 Å². The number of hydrogen-bond donors (Lipinski definition) is 0. The molecule has 0 spiro atoms. The molecular formula is C18H24O. The average molecular weight is 256 g/mol. The molecule has 1 rings (SSSR count). The summed E-state index contributed by atoms with van der Waals surface area (Å²) in [6, 6.07) is 9.72. The molecule has 1 aromatic carbocycles. The molecule has 0 bridgehead atoms. The fourth-order valence-corrected chi connectivity index (χ4v) is 2.06. The van der Waals surface area contributed by atoms with E-state index in [4.69, 9.17) is 0 Å². The van der Waals surface area contributed by atoms with Crippen molar-refractivity contribution in [3.05, 3.63) is 35.9 Å². The summed E-state index contributed by atoms with van der Waals surface area (Å²) in [5.41, 5.74) is 0.917. The van der Waals surface area contributed by atoms with Gasteiger partial charge in [-0.2, -0.15) is 0 Å². The van der Waals surface area contributed by atoms with Crippen LogP contribution in [0.25, 0.3) is 0 Å². The Bertz CT molecular complexity index is 414. The Labute approximate surface area is 117 Å². The lowest BCUT2D eigenvalue weighted by Crippen LogP contribution is -2.12. The van der Waals surface area contributed by atoms with Crippen molar-refractivity contribution in [2.24, 2.45) is 5.92 Å². The second kappa shape index (κ2) is 9.39. The van der Waals surface area contributed by atoms with Crippen LogP contribution in [0.3, 0.4) is 0 Å². The molecular weight excluding hydrogens is 232 g/mol. The van der Waals surface area contributed by atoms with E-state index in [1.54, 1.807) is 0 Å². The Morgan fingerprint density at radius 3 is 2.16 bits per heavy atom. The maximum absolute atomic E-state index is 12.2. The molecule has 0 heterocycles. The number of unbranched alkanes of at least 4 members (excludes halogenated alkanes) is 2. The molecule has 0 aliphatic heterocycles. The van der Waals surface area contributed by atoms with E-state index in [-0.39, 0.29) is 11.7 Å². The summed E-state index contributed by atoms with van der Waals surface area (Å²) in [6.07, 6.45) is 6.49. The topological polar surface area (TPSA) is 17.1 Å². The summed E-state index contributed by atoms with van der Waals surface area (Å²) in [5, 5.41) is 0. The Morgan fingerprint density at radius 2 is 1.63 bits per heavy atom. The Kier molecular flexibility index (Phi) is 7.66. The Balaban J connectivity index is 2.63. The molecule has 0 fully saturated rings. The first-order chi connectivity index (χ1) is 9.27. The Morgan fingerprint density at radius 1 is 1.05 bits per heavy atom. The van der Waals surface area contributed by atoms with Crippen molar-refractivity contribution in [3.8, 4) is 11.8 Å². The highest BCUT2D eigenvalue weighted by Crippen LogP contribution is 2.17. The summed E-state index contributed by atoms with van der Waals surface area (Å²) in [6.45, 7) is 4.33. The molecule has 0 aliphatic rings. The van der Waals surface area contributed by atoms with Crippen LogP contribution in [0.1, 0.15) is 57.9 Å². The van der Waals surface area contributed by atoms with Crippen molar-refractivity contribution in [2.45, 2.75) is 52.4 Å². The van der Waals surface area contributed by atoms with Gasteiger partial charge in [-0.25, -0.2) is 0 Å². The number of Topliss-reactive ketones (excluding diaryl/α,β-unsaturated/α-hetero) is 1. The van der Waals surface area contributed by atoms with Crippen LogP contribution in [0.2, 0.25) is 0 Å².